The van der Waals surface area contributed by atoms with Crippen LogP contribution in [0.15, 0.2) is 0 Å². The lowest BCUT2D eigenvalue weighted by Gasteiger charge is -2.34. The predicted molar refractivity (Wildman–Crippen MR) is 51.0 cm³/mol. The van der Waals surface area contributed by atoms with Gasteiger partial charge in [-0.1, -0.05) is 0 Å². The molecule has 0 aromatic heterocycles. The molecule has 5 nitrogen and oxygen atoms in total. The molecule has 1 rings (SSSR count). The highest BCUT2D eigenvalue weighted by atomic mass is 16.7. The van der Waals surface area contributed by atoms with Gasteiger partial charge in [0.2, 0.25) is 0 Å². The number of rotatable bonds is 3. The summed E-state index contributed by atoms with van der Waals surface area (Å²) in [4.78, 5) is 0. The van der Waals surface area contributed by atoms with Crippen molar-refractivity contribution < 1.29 is 9.47 Å². The second-order valence-corrected chi connectivity index (χ2v) is 3.65. The molecule has 14 heavy (non-hydrogen) atoms. The van der Waals surface area contributed by atoms with Crippen molar-refractivity contribution in [3.05, 3.63) is 0 Å². The maximum Gasteiger partial charge on any atom is 0.146 e. The molecule has 1 aliphatic rings. The molecule has 0 aromatic carbocycles. The minimum atomic E-state index is -0.156. The van der Waals surface area contributed by atoms with Gasteiger partial charge >= 0.3 is 0 Å². The highest BCUT2D eigenvalue weighted by Crippen LogP contribution is 2.24. The van der Waals surface area contributed by atoms with E-state index in [0.29, 0.717) is 12.8 Å². The van der Waals surface area contributed by atoms with E-state index < -0.39 is 0 Å². The second kappa shape index (κ2) is 5.27. The molecule has 4 unspecified atom stereocenters. The molecule has 0 aliphatic heterocycles. The lowest BCUT2D eigenvalue weighted by Crippen LogP contribution is -2.50. The third-order valence-corrected chi connectivity index (χ3v) is 2.59. The van der Waals surface area contributed by atoms with Crippen molar-refractivity contribution in [2.24, 2.45) is 17.4 Å². The predicted octanol–water partition coefficient (Wildman–Crippen LogP) is -0.436. The van der Waals surface area contributed by atoms with Crippen LogP contribution in [0.4, 0.5) is 0 Å². The van der Waals surface area contributed by atoms with Crippen LogP contribution >= 0.6 is 0 Å². The van der Waals surface area contributed by atoms with Gasteiger partial charge in [0.05, 0.1) is 18.1 Å². The Kier molecular flexibility index (Phi) is 4.29. The van der Waals surface area contributed by atoms with Crippen LogP contribution in [0.25, 0.3) is 0 Å². The van der Waals surface area contributed by atoms with Gasteiger partial charge in [-0.05, 0) is 12.8 Å². The van der Waals surface area contributed by atoms with Crippen molar-refractivity contribution in [2.75, 3.05) is 13.9 Å². The Balaban J connectivity index is 2.47. The number of nitriles is 1. The van der Waals surface area contributed by atoms with E-state index in [1.165, 1.54) is 0 Å². The molecule has 0 heterocycles. The number of hydrogen-bond acceptors (Lipinski definition) is 5. The zero-order chi connectivity index (χ0) is 10.6. The van der Waals surface area contributed by atoms with Crippen LogP contribution in [0.5, 0.6) is 0 Å². The van der Waals surface area contributed by atoms with Crippen LogP contribution in [0.2, 0.25) is 0 Å². The summed E-state index contributed by atoms with van der Waals surface area (Å²) in [6.45, 7) is 0.214. The zero-order valence-corrected chi connectivity index (χ0v) is 8.35. The summed E-state index contributed by atoms with van der Waals surface area (Å²) in [7, 11) is 1.56. The third kappa shape index (κ3) is 2.66. The lowest BCUT2D eigenvalue weighted by molar-refractivity contribution is -0.0936. The first kappa shape index (κ1) is 11.4. The van der Waals surface area contributed by atoms with Gasteiger partial charge in [0.1, 0.15) is 6.79 Å². The number of ether oxygens (including phenoxy) is 2. The van der Waals surface area contributed by atoms with E-state index in [2.05, 4.69) is 6.07 Å². The number of nitrogens with two attached hydrogens (primary N) is 2. The number of hydrogen-bond donors (Lipinski definition) is 2. The van der Waals surface area contributed by atoms with Crippen molar-refractivity contribution >= 4 is 0 Å². The van der Waals surface area contributed by atoms with Crippen molar-refractivity contribution in [3.63, 3.8) is 0 Å². The summed E-state index contributed by atoms with van der Waals surface area (Å²) in [5, 5.41) is 8.83. The first-order valence-corrected chi connectivity index (χ1v) is 4.70. The van der Waals surface area contributed by atoms with E-state index in [-0.39, 0.29) is 30.9 Å². The van der Waals surface area contributed by atoms with Crippen molar-refractivity contribution in [1.82, 2.24) is 0 Å². The van der Waals surface area contributed by atoms with E-state index >= 15 is 0 Å². The van der Waals surface area contributed by atoms with Gasteiger partial charge in [0.15, 0.2) is 0 Å². The number of methoxy groups -OCH3 is 1. The van der Waals surface area contributed by atoms with Gasteiger partial charge in [-0.3, -0.25) is 0 Å². The monoisotopic (exact) mass is 199 g/mol. The van der Waals surface area contributed by atoms with Crippen LogP contribution < -0.4 is 11.5 Å². The van der Waals surface area contributed by atoms with Crippen molar-refractivity contribution in [2.45, 2.75) is 31.0 Å². The molecular weight excluding hydrogens is 182 g/mol. The van der Waals surface area contributed by atoms with Crippen LogP contribution in [0.3, 0.4) is 0 Å². The Labute approximate surface area is 84.0 Å². The zero-order valence-electron chi connectivity index (χ0n) is 8.35. The molecule has 80 valence electrons. The van der Waals surface area contributed by atoms with Crippen molar-refractivity contribution in [1.29, 1.82) is 5.26 Å². The highest BCUT2D eigenvalue weighted by molar-refractivity contribution is 4.99. The molecule has 0 radical (unpaired) electrons. The van der Waals surface area contributed by atoms with Crippen LogP contribution in [-0.2, 0) is 9.47 Å². The highest BCUT2D eigenvalue weighted by Gasteiger charge is 2.34. The second-order valence-electron chi connectivity index (χ2n) is 3.65. The molecule has 1 aliphatic carbocycles. The standard InChI is InChI=1S/C9H17N3O2/c1-13-5-14-9-2-6(4-10)7(11)3-8(9)12/h6-9H,2-3,5,11-12H2,1H3. The molecule has 4 atom stereocenters. The molecule has 0 amide bonds. The van der Waals surface area contributed by atoms with Gasteiger partial charge < -0.3 is 20.9 Å². The fraction of sp³-hybridized carbons (Fsp3) is 0.889. The first-order chi connectivity index (χ1) is 6.69. The summed E-state index contributed by atoms with van der Waals surface area (Å²) in [5.74, 6) is -0.156. The lowest BCUT2D eigenvalue weighted by atomic mass is 9.81. The minimum absolute atomic E-state index is 0.0928. The topological polar surface area (TPSA) is 94.3 Å². The normalized spacial score (nSPS) is 37.9. The largest absolute Gasteiger partial charge is 0.359 e. The summed E-state index contributed by atoms with van der Waals surface area (Å²) in [6.07, 6.45) is 1.12. The molecule has 4 N–H and O–H groups in total. The van der Waals surface area contributed by atoms with E-state index in [1.54, 1.807) is 7.11 Å². The molecule has 0 bridgehead atoms. The average Bonchev–Trinajstić information content (AvgIpc) is 2.17. The van der Waals surface area contributed by atoms with Gasteiger partial charge in [-0.2, -0.15) is 5.26 Å². The Bertz CT molecular complexity index is 217. The molecular formula is C9H17N3O2. The molecule has 1 saturated carbocycles. The van der Waals surface area contributed by atoms with Gasteiger partial charge in [0.25, 0.3) is 0 Å². The van der Waals surface area contributed by atoms with Gasteiger partial charge in [-0.25, -0.2) is 0 Å². The number of nitrogens with zero attached hydrogens (tertiary/aromatic N) is 1. The molecule has 0 spiro atoms. The maximum absolute atomic E-state index is 8.83. The Morgan fingerprint density at radius 2 is 2.07 bits per heavy atom. The van der Waals surface area contributed by atoms with Crippen molar-refractivity contribution in [3.8, 4) is 6.07 Å². The Morgan fingerprint density at radius 3 is 2.64 bits per heavy atom. The van der Waals surface area contributed by atoms with E-state index in [1.807, 2.05) is 0 Å². The van der Waals surface area contributed by atoms with E-state index in [4.69, 9.17) is 26.2 Å². The Morgan fingerprint density at radius 1 is 1.36 bits per heavy atom. The van der Waals surface area contributed by atoms with E-state index in [9.17, 15) is 0 Å². The molecule has 1 fully saturated rings. The van der Waals surface area contributed by atoms with Gasteiger partial charge in [0, 0.05) is 19.2 Å². The van der Waals surface area contributed by atoms with Crippen LogP contribution in [0.1, 0.15) is 12.8 Å². The van der Waals surface area contributed by atoms with Crippen LogP contribution in [0, 0.1) is 17.2 Å². The SMILES string of the molecule is COCOC1CC(C#N)C(N)CC1N. The fourth-order valence-electron chi connectivity index (χ4n) is 1.73. The van der Waals surface area contributed by atoms with Gasteiger partial charge in [-0.15, -0.1) is 0 Å². The summed E-state index contributed by atoms with van der Waals surface area (Å²) < 4.78 is 10.2. The quantitative estimate of drug-likeness (QED) is 0.601. The first-order valence-electron chi connectivity index (χ1n) is 4.70. The molecule has 0 saturated heterocycles. The summed E-state index contributed by atoms with van der Waals surface area (Å²) in [5.41, 5.74) is 11.6. The third-order valence-electron chi connectivity index (χ3n) is 2.59. The van der Waals surface area contributed by atoms with Crippen LogP contribution in [-0.4, -0.2) is 32.1 Å². The molecule has 0 aromatic rings. The minimum Gasteiger partial charge on any atom is -0.359 e. The van der Waals surface area contributed by atoms with E-state index in [0.717, 1.165) is 0 Å². The summed E-state index contributed by atoms with van der Waals surface area (Å²) >= 11 is 0. The smallest absolute Gasteiger partial charge is 0.146 e. The Hall–Kier alpha value is -0.670. The summed E-state index contributed by atoms with van der Waals surface area (Å²) in [6, 6.07) is 1.96. The molecule has 5 heteroatoms. The fourth-order valence-corrected chi connectivity index (χ4v) is 1.73. The average molecular weight is 199 g/mol. The maximum atomic E-state index is 8.83.